The normalized spacial score (nSPS) is 18.2. The van der Waals surface area contributed by atoms with Gasteiger partial charge in [0.05, 0.1) is 0 Å². The summed E-state index contributed by atoms with van der Waals surface area (Å²) in [7, 11) is 0. The highest BCUT2D eigenvalue weighted by Crippen LogP contribution is 2.40. The van der Waals surface area contributed by atoms with Crippen molar-refractivity contribution in [2.75, 3.05) is 0 Å². The highest BCUT2D eigenvalue weighted by Gasteiger charge is 2.28. The van der Waals surface area contributed by atoms with E-state index in [1.54, 1.807) is 6.07 Å². The van der Waals surface area contributed by atoms with E-state index in [0.29, 0.717) is 17.7 Å². The topological polar surface area (TPSA) is 66.8 Å². The van der Waals surface area contributed by atoms with Crippen LogP contribution in [0.1, 0.15) is 82.9 Å². The number of hydrogen-bond acceptors (Lipinski definition) is 3. The van der Waals surface area contributed by atoms with Crippen molar-refractivity contribution in [3.8, 4) is 11.5 Å². The number of aliphatic carboxylic acids is 1. The molecule has 0 fully saturated rings. The number of aromatic hydroxyl groups is 1. The molecular formula is C28H38O4. The van der Waals surface area contributed by atoms with Crippen LogP contribution in [0.25, 0.3) is 6.08 Å². The number of allylic oxidation sites excluding steroid dienone is 5. The lowest BCUT2D eigenvalue weighted by atomic mass is 9.92. The van der Waals surface area contributed by atoms with Crippen LogP contribution in [0.3, 0.4) is 0 Å². The third-order valence-corrected chi connectivity index (χ3v) is 6.10. The molecule has 32 heavy (non-hydrogen) atoms. The molecule has 2 rings (SSSR count). The van der Waals surface area contributed by atoms with Gasteiger partial charge in [-0.15, -0.1) is 0 Å². The van der Waals surface area contributed by atoms with Gasteiger partial charge in [0.1, 0.15) is 17.1 Å². The zero-order valence-corrected chi connectivity index (χ0v) is 20.4. The number of carboxylic acids is 1. The van der Waals surface area contributed by atoms with Crippen LogP contribution in [0.15, 0.2) is 47.1 Å². The van der Waals surface area contributed by atoms with Gasteiger partial charge in [0.25, 0.3) is 0 Å². The summed E-state index contributed by atoms with van der Waals surface area (Å²) in [5, 5.41) is 19.5. The summed E-state index contributed by atoms with van der Waals surface area (Å²) in [6, 6.07) is 1.76. The Morgan fingerprint density at radius 3 is 2.38 bits per heavy atom. The lowest BCUT2D eigenvalue weighted by Crippen LogP contribution is -2.32. The van der Waals surface area contributed by atoms with Gasteiger partial charge in [-0.3, -0.25) is 0 Å². The molecule has 0 unspecified atom stereocenters. The van der Waals surface area contributed by atoms with Gasteiger partial charge in [-0.25, -0.2) is 4.79 Å². The quantitative estimate of drug-likeness (QED) is 0.294. The second-order valence-electron chi connectivity index (χ2n) is 9.29. The molecular weight excluding hydrogens is 400 g/mol. The summed E-state index contributed by atoms with van der Waals surface area (Å²) < 4.78 is 6.35. The monoisotopic (exact) mass is 438 g/mol. The van der Waals surface area contributed by atoms with Crippen LogP contribution in [0, 0.1) is 13.8 Å². The Hall–Kier alpha value is -2.75. The number of benzene rings is 1. The fraction of sp³-hybridized carbons (Fsp3) is 0.464. The van der Waals surface area contributed by atoms with E-state index in [0.717, 1.165) is 54.5 Å². The summed E-state index contributed by atoms with van der Waals surface area (Å²) in [4.78, 5) is 11.4. The van der Waals surface area contributed by atoms with Gasteiger partial charge in [-0.2, -0.15) is 0 Å². The Labute approximate surface area is 193 Å². The second-order valence-corrected chi connectivity index (χ2v) is 9.29. The second kappa shape index (κ2) is 11.2. The molecule has 4 nitrogen and oxygen atoms in total. The molecule has 1 aromatic rings. The van der Waals surface area contributed by atoms with Crippen LogP contribution in [-0.2, 0) is 4.79 Å². The minimum Gasteiger partial charge on any atom is -0.508 e. The number of hydrogen-bond donors (Lipinski definition) is 2. The van der Waals surface area contributed by atoms with Gasteiger partial charge in [-0.1, -0.05) is 35.5 Å². The zero-order chi connectivity index (χ0) is 23.9. The first-order chi connectivity index (χ1) is 15.0. The number of fused-ring (bicyclic) bond motifs is 1. The number of phenols is 1. The minimum absolute atomic E-state index is 0.300. The lowest BCUT2D eigenvalue weighted by molar-refractivity contribution is -0.132. The molecule has 2 N–H and O–H groups in total. The molecule has 1 aromatic carbocycles. The summed E-state index contributed by atoms with van der Waals surface area (Å²) in [5.74, 6) is 0.334. The predicted molar refractivity (Wildman–Crippen MR) is 132 cm³/mol. The van der Waals surface area contributed by atoms with Gasteiger partial charge >= 0.3 is 5.97 Å². The molecule has 174 valence electrons. The molecule has 0 aliphatic carbocycles. The van der Waals surface area contributed by atoms with E-state index >= 15 is 0 Å². The Kier molecular flexibility index (Phi) is 8.94. The Balaban J connectivity index is 1.91. The van der Waals surface area contributed by atoms with Crippen molar-refractivity contribution in [1.29, 1.82) is 0 Å². The first-order valence-corrected chi connectivity index (χ1v) is 11.4. The molecule has 0 radical (unpaired) electrons. The van der Waals surface area contributed by atoms with Gasteiger partial charge in [0.15, 0.2) is 0 Å². The third-order valence-electron chi connectivity index (χ3n) is 6.10. The van der Waals surface area contributed by atoms with Crippen molar-refractivity contribution >= 4 is 12.0 Å². The van der Waals surface area contributed by atoms with Gasteiger partial charge in [0, 0.05) is 11.1 Å². The Bertz CT molecular complexity index is 958. The molecule has 0 amide bonds. The van der Waals surface area contributed by atoms with Crippen LogP contribution in [0.4, 0.5) is 0 Å². The van der Waals surface area contributed by atoms with E-state index in [9.17, 15) is 15.0 Å². The van der Waals surface area contributed by atoms with E-state index < -0.39 is 5.97 Å². The molecule has 0 saturated heterocycles. The van der Waals surface area contributed by atoms with E-state index in [4.69, 9.17) is 4.74 Å². The maximum absolute atomic E-state index is 11.4. The lowest BCUT2D eigenvalue weighted by Gasteiger charge is -2.33. The van der Waals surface area contributed by atoms with Crippen molar-refractivity contribution < 1.29 is 19.7 Å². The number of rotatable bonds is 10. The van der Waals surface area contributed by atoms with Crippen LogP contribution in [-0.4, -0.2) is 21.8 Å². The molecule has 1 aliphatic rings. The highest BCUT2D eigenvalue weighted by atomic mass is 16.5. The van der Waals surface area contributed by atoms with Crippen molar-refractivity contribution in [2.24, 2.45) is 0 Å². The fourth-order valence-electron chi connectivity index (χ4n) is 3.82. The molecule has 0 saturated carbocycles. The number of carbonyl (C=O) groups is 1. The number of phenolic OH excluding ortho intramolecular Hbond substituents is 1. The maximum Gasteiger partial charge on any atom is 0.331 e. The summed E-state index contributed by atoms with van der Waals surface area (Å²) in [6.45, 7) is 12.1. The third kappa shape index (κ3) is 7.15. The average Bonchev–Trinajstić information content (AvgIpc) is 2.71. The Morgan fingerprint density at radius 1 is 1.03 bits per heavy atom. The largest absolute Gasteiger partial charge is 0.508 e. The molecule has 0 bridgehead atoms. The molecule has 0 aromatic heterocycles. The van der Waals surface area contributed by atoms with Crippen molar-refractivity contribution in [1.82, 2.24) is 0 Å². The average molecular weight is 439 g/mol. The van der Waals surface area contributed by atoms with Crippen molar-refractivity contribution in [3.63, 3.8) is 0 Å². The minimum atomic E-state index is -0.818. The smallest absolute Gasteiger partial charge is 0.331 e. The van der Waals surface area contributed by atoms with Crippen LogP contribution < -0.4 is 4.74 Å². The predicted octanol–water partition coefficient (Wildman–Crippen LogP) is 7.44. The van der Waals surface area contributed by atoms with Gasteiger partial charge in [0.2, 0.25) is 0 Å². The summed E-state index contributed by atoms with van der Waals surface area (Å²) in [6.07, 6.45) is 14.9. The van der Waals surface area contributed by atoms with Crippen LogP contribution >= 0.6 is 0 Å². The zero-order valence-electron chi connectivity index (χ0n) is 20.4. The first-order valence-electron chi connectivity index (χ1n) is 11.4. The summed E-state index contributed by atoms with van der Waals surface area (Å²) >= 11 is 0. The first kappa shape index (κ1) is 25.5. The fourth-order valence-corrected chi connectivity index (χ4v) is 3.82. The SMILES string of the molecule is CC(C)=CCC/C(=C/CC/C(C)=C/CC[C@]1(C)C=Cc2cc(O)c(C)c(C)c2O1)C(=O)O. The number of ether oxygens (including phenoxy) is 1. The molecule has 0 spiro atoms. The van der Waals surface area contributed by atoms with E-state index in [2.05, 4.69) is 32.1 Å². The van der Waals surface area contributed by atoms with E-state index in [-0.39, 0.29) is 5.60 Å². The van der Waals surface area contributed by atoms with Gasteiger partial charge < -0.3 is 14.9 Å². The van der Waals surface area contributed by atoms with Gasteiger partial charge in [-0.05, 0) is 103 Å². The highest BCUT2D eigenvalue weighted by molar-refractivity contribution is 5.86. The molecule has 1 heterocycles. The van der Waals surface area contributed by atoms with Crippen LogP contribution in [0.2, 0.25) is 0 Å². The van der Waals surface area contributed by atoms with Crippen molar-refractivity contribution in [3.05, 3.63) is 63.8 Å². The van der Waals surface area contributed by atoms with Crippen LogP contribution in [0.5, 0.6) is 11.5 Å². The molecule has 4 heteroatoms. The summed E-state index contributed by atoms with van der Waals surface area (Å²) in [5.41, 5.74) is 5.33. The molecule has 1 aliphatic heterocycles. The number of carboxylic acid groups (broad SMARTS) is 1. The molecule has 1 atom stereocenters. The Morgan fingerprint density at radius 2 is 1.72 bits per heavy atom. The van der Waals surface area contributed by atoms with E-state index in [1.165, 1.54) is 11.1 Å². The van der Waals surface area contributed by atoms with E-state index in [1.807, 2.05) is 39.8 Å². The van der Waals surface area contributed by atoms with Crippen molar-refractivity contribution in [2.45, 2.75) is 85.7 Å². The standard InChI is InChI=1S/C28H38O4/c1-19(2)10-7-13-23(27(30)31)14-8-11-20(3)12-9-16-28(6)17-15-24-18-25(29)21(4)22(5)26(24)32-28/h10,12,14-15,17-18,29H,7-9,11,13,16H2,1-6H3,(H,30,31)/b20-12+,23-14-/t28-/m1/s1. The maximum atomic E-state index is 11.4.